The van der Waals surface area contributed by atoms with Gasteiger partial charge in [0.25, 0.3) is 0 Å². The molecule has 0 radical (unpaired) electrons. The molecule has 3 aromatic rings. The maximum Gasteiger partial charge on any atom is 0.248 e. The van der Waals surface area contributed by atoms with E-state index >= 15 is 0 Å². The van der Waals surface area contributed by atoms with Crippen molar-refractivity contribution < 1.29 is 18.0 Å². The van der Waals surface area contributed by atoms with Crippen LogP contribution in [0.1, 0.15) is 21.5 Å². The quantitative estimate of drug-likeness (QED) is 0.516. The summed E-state index contributed by atoms with van der Waals surface area (Å²) in [4.78, 5) is 25.5. The van der Waals surface area contributed by atoms with Gasteiger partial charge in [-0.15, -0.1) is 0 Å². The van der Waals surface area contributed by atoms with Crippen LogP contribution in [0.25, 0.3) is 6.08 Å². The third-order valence-corrected chi connectivity index (χ3v) is 7.50. The number of hydrogen-bond acceptors (Lipinski definition) is 5. The van der Waals surface area contributed by atoms with Crippen molar-refractivity contribution in [1.82, 2.24) is 19.0 Å². The van der Waals surface area contributed by atoms with Gasteiger partial charge in [0.15, 0.2) is 0 Å². The Labute approximate surface area is 198 Å². The van der Waals surface area contributed by atoms with E-state index in [9.17, 15) is 18.0 Å². The first-order chi connectivity index (χ1) is 16.3. The molecule has 1 aromatic heterocycles. The molecule has 1 saturated heterocycles. The van der Waals surface area contributed by atoms with Gasteiger partial charge in [-0.3, -0.25) is 14.3 Å². The lowest BCUT2D eigenvalue weighted by atomic mass is 10.2. The van der Waals surface area contributed by atoms with Crippen LogP contribution in [0.4, 0.5) is 0 Å². The van der Waals surface area contributed by atoms with E-state index in [4.69, 9.17) is 5.73 Å². The molecular weight excluding hydrogens is 454 g/mol. The fourth-order valence-corrected chi connectivity index (χ4v) is 5.11. The summed E-state index contributed by atoms with van der Waals surface area (Å²) < 4.78 is 28.9. The number of nitrogens with two attached hydrogens (primary N) is 1. The number of primary amides is 1. The molecule has 0 unspecified atom stereocenters. The van der Waals surface area contributed by atoms with E-state index in [1.165, 1.54) is 34.6 Å². The molecule has 2 N–H and O–H groups in total. The Morgan fingerprint density at radius 3 is 2.29 bits per heavy atom. The van der Waals surface area contributed by atoms with Gasteiger partial charge in [-0.1, -0.05) is 30.3 Å². The van der Waals surface area contributed by atoms with Crippen LogP contribution < -0.4 is 5.73 Å². The molecule has 0 saturated carbocycles. The van der Waals surface area contributed by atoms with E-state index in [1.807, 2.05) is 36.5 Å². The number of piperazine rings is 1. The van der Waals surface area contributed by atoms with Crippen LogP contribution in [-0.2, 0) is 21.4 Å². The summed E-state index contributed by atoms with van der Waals surface area (Å²) in [5.41, 5.74) is 7.39. The number of carbonyl (C=O) groups excluding carboxylic acids is 2. The molecule has 10 heteroatoms. The molecular formula is C24H25N5O4S. The Hall–Kier alpha value is -3.76. The van der Waals surface area contributed by atoms with Crippen LogP contribution in [0.5, 0.6) is 0 Å². The summed E-state index contributed by atoms with van der Waals surface area (Å²) in [5.74, 6) is -0.800. The van der Waals surface area contributed by atoms with Gasteiger partial charge in [-0.2, -0.15) is 9.40 Å². The monoisotopic (exact) mass is 479 g/mol. The first-order valence-electron chi connectivity index (χ1n) is 10.8. The van der Waals surface area contributed by atoms with Gasteiger partial charge in [-0.05, 0) is 35.9 Å². The smallest absolute Gasteiger partial charge is 0.248 e. The highest BCUT2D eigenvalue weighted by atomic mass is 32.2. The van der Waals surface area contributed by atoms with Gasteiger partial charge in [0.2, 0.25) is 21.8 Å². The Balaban J connectivity index is 1.32. The Morgan fingerprint density at radius 1 is 0.971 bits per heavy atom. The van der Waals surface area contributed by atoms with E-state index in [-0.39, 0.29) is 42.5 Å². The first kappa shape index (κ1) is 23.4. The second-order valence-corrected chi connectivity index (χ2v) is 9.85. The standard InChI is InChI=1S/C24H25N5O4S/c25-24(31)21-7-9-22(10-8-21)34(32,33)29-14-12-27(13-15-29)23(30)11-6-20-16-26-28(18-20)17-19-4-2-1-3-5-19/h1-11,16,18H,12-15,17H2,(H2,25,31)/b11-6+. The number of benzene rings is 2. The van der Waals surface area contributed by atoms with Gasteiger partial charge in [0, 0.05) is 49.6 Å². The number of rotatable bonds is 7. The number of nitrogens with zero attached hydrogens (tertiary/aromatic N) is 4. The predicted octanol–water partition coefficient (Wildman–Crippen LogP) is 1.58. The molecule has 2 aromatic carbocycles. The molecule has 0 bridgehead atoms. The number of carbonyl (C=O) groups is 2. The third-order valence-electron chi connectivity index (χ3n) is 5.59. The molecule has 9 nitrogen and oxygen atoms in total. The third kappa shape index (κ3) is 5.41. The highest BCUT2D eigenvalue weighted by Crippen LogP contribution is 2.18. The van der Waals surface area contributed by atoms with Crippen LogP contribution in [0.3, 0.4) is 0 Å². The normalized spacial score (nSPS) is 15.0. The zero-order valence-corrected chi connectivity index (χ0v) is 19.3. The molecule has 0 spiro atoms. The molecule has 4 rings (SSSR count). The summed E-state index contributed by atoms with van der Waals surface area (Å²) in [6.07, 6.45) is 6.75. The number of aromatic nitrogens is 2. The van der Waals surface area contributed by atoms with E-state index in [1.54, 1.807) is 21.9 Å². The van der Waals surface area contributed by atoms with Crippen molar-refractivity contribution in [3.63, 3.8) is 0 Å². The Kier molecular flexibility index (Phi) is 6.90. The average Bonchev–Trinajstić information content (AvgIpc) is 3.30. The first-order valence-corrected chi connectivity index (χ1v) is 12.2. The van der Waals surface area contributed by atoms with Gasteiger partial charge >= 0.3 is 0 Å². The maximum absolute atomic E-state index is 12.9. The van der Waals surface area contributed by atoms with Crippen LogP contribution in [-0.4, -0.2) is 65.4 Å². The molecule has 1 aliphatic rings. The summed E-state index contributed by atoms with van der Waals surface area (Å²) in [6.45, 7) is 1.59. The van der Waals surface area contributed by atoms with Crippen LogP contribution in [0.15, 0.2) is 78.0 Å². The van der Waals surface area contributed by atoms with Gasteiger partial charge in [0.05, 0.1) is 17.6 Å². The van der Waals surface area contributed by atoms with E-state index in [2.05, 4.69) is 5.10 Å². The fraction of sp³-hybridized carbons (Fsp3) is 0.208. The maximum atomic E-state index is 12.9. The van der Waals surface area contributed by atoms with E-state index < -0.39 is 15.9 Å². The van der Waals surface area contributed by atoms with Crippen molar-refractivity contribution in [2.45, 2.75) is 11.4 Å². The summed E-state index contributed by atoms with van der Waals surface area (Å²) >= 11 is 0. The van der Waals surface area contributed by atoms with Crippen LogP contribution in [0.2, 0.25) is 0 Å². The Morgan fingerprint density at radius 2 is 1.65 bits per heavy atom. The van der Waals surface area contributed by atoms with Crippen molar-refractivity contribution >= 4 is 27.9 Å². The highest BCUT2D eigenvalue weighted by molar-refractivity contribution is 7.89. The van der Waals surface area contributed by atoms with Crippen molar-refractivity contribution in [3.8, 4) is 0 Å². The summed E-state index contributed by atoms with van der Waals surface area (Å²) in [5, 5.41) is 4.32. The number of sulfonamides is 1. The largest absolute Gasteiger partial charge is 0.366 e. The second kappa shape index (κ2) is 10.0. The zero-order valence-electron chi connectivity index (χ0n) is 18.4. The minimum atomic E-state index is -3.72. The van der Waals surface area contributed by atoms with Crippen molar-refractivity contribution in [2.75, 3.05) is 26.2 Å². The number of hydrogen-bond donors (Lipinski definition) is 1. The van der Waals surface area contributed by atoms with Crippen molar-refractivity contribution in [3.05, 3.63) is 89.8 Å². The minimum absolute atomic E-state index is 0.0877. The summed E-state index contributed by atoms with van der Waals surface area (Å²) in [6, 6.07) is 15.5. The lowest BCUT2D eigenvalue weighted by Crippen LogP contribution is -2.50. The van der Waals surface area contributed by atoms with Gasteiger partial charge in [-0.25, -0.2) is 8.42 Å². The minimum Gasteiger partial charge on any atom is -0.366 e. The predicted molar refractivity (Wildman–Crippen MR) is 127 cm³/mol. The van der Waals surface area contributed by atoms with Gasteiger partial charge < -0.3 is 10.6 Å². The molecule has 34 heavy (non-hydrogen) atoms. The van der Waals surface area contributed by atoms with E-state index in [0.29, 0.717) is 6.54 Å². The van der Waals surface area contributed by atoms with Crippen LogP contribution >= 0.6 is 0 Å². The average molecular weight is 480 g/mol. The zero-order chi connectivity index (χ0) is 24.1. The molecule has 1 aliphatic heterocycles. The molecule has 0 aliphatic carbocycles. The molecule has 2 heterocycles. The SMILES string of the molecule is NC(=O)c1ccc(S(=O)(=O)N2CCN(C(=O)/C=C/c3cnn(Cc4ccccc4)c3)CC2)cc1. The lowest BCUT2D eigenvalue weighted by Gasteiger charge is -2.33. The van der Waals surface area contributed by atoms with Crippen molar-refractivity contribution in [2.24, 2.45) is 5.73 Å². The van der Waals surface area contributed by atoms with E-state index in [0.717, 1.165) is 11.1 Å². The molecule has 2 amide bonds. The topological polar surface area (TPSA) is 119 Å². The highest BCUT2D eigenvalue weighted by Gasteiger charge is 2.29. The summed E-state index contributed by atoms with van der Waals surface area (Å²) in [7, 11) is -3.72. The molecule has 0 atom stereocenters. The second-order valence-electron chi connectivity index (χ2n) is 7.91. The van der Waals surface area contributed by atoms with Crippen molar-refractivity contribution in [1.29, 1.82) is 0 Å². The molecule has 1 fully saturated rings. The van der Waals surface area contributed by atoms with Crippen LogP contribution in [0, 0.1) is 0 Å². The number of amides is 2. The molecule has 176 valence electrons. The Bertz CT molecular complexity index is 1290. The lowest BCUT2D eigenvalue weighted by molar-refractivity contribution is -0.127. The fourth-order valence-electron chi connectivity index (χ4n) is 3.68. The van der Waals surface area contributed by atoms with Gasteiger partial charge in [0.1, 0.15) is 0 Å².